The van der Waals surface area contributed by atoms with Gasteiger partial charge in [0.2, 0.25) is 0 Å². The fourth-order valence-electron chi connectivity index (χ4n) is 4.54. The highest BCUT2D eigenvalue weighted by molar-refractivity contribution is 5.95. The lowest BCUT2D eigenvalue weighted by molar-refractivity contribution is -0.137. The lowest BCUT2D eigenvalue weighted by Crippen LogP contribution is -2.47. The molecule has 1 aliphatic heterocycles. The maximum atomic E-state index is 13.2. The zero-order valence-electron chi connectivity index (χ0n) is 22.0. The first-order valence-electron chi connectivity index (χ1n) is 12.8. The highest BCUT2D eigenvalue weighted by Gasteiger charge is 2.30. The molecule has 1 amide bonds. The van der Waals surface area contributed by atoms with Gasteiger partial charge in [-0.25, -0.2) is 15.0 Å². The number of carbonyl (C=O) groups excluding carboxylic acids is 1. The number of fused-ring (bicyclic) bond motifs is 1. The van der Waals surface area contributed by atoms with Crippen LogP contribution in [0.25, 0.3) is 22.6 Å². The molecule has 4 aromatic rings. The standard InChI is InChI=1S/C28H30F3N7O/c1-18(2)38-17-33-23-25(32-16-19-5-4-6-22(15-19)28(29,30)31)34-24(35-26(23)38)20-7-9-21(10-8-20)27(39)37-13-11-36(3)12-14-37/h4-10,15,17-18H,11-14,16H2,1-3H3,(H,32,34,35). The topological polar surface area (TPSA) is 79.2 Å². The molecule has 2 aromatic carbocycles. The number of hydrogen-bond donors (Lipinski definition) is 1. The summed E-state index contributed by atoms with van der Waals surface area (Å²) < 4.78 is 41.5. The molecule has 0 unspecified atom stereocenters. The molecule has 8 nitrogen and oxygen atoms in total. The predicted molar refractivity (Wildman–Crippen MR) is 143 cm³/mol. The molecule has 11 heteroatoms. The van der Waals surface area contributed by atoms with Crippen molar-refractivity contribution in [3.63, 3.8) is 0 Å². The second-order valence-corrected chi connectivity index (χ2v) is 10.0. The number of aromatic nitrogens is 4. The van der Waals surface area contributed by atoms with Crippen molar-refractivity contribution < 1.29 is 18.0 Å². The Hall–Kier alpha value is -3.99. The first kappa shape index (κ1) is 26.6. The highest BCUT2D eigenvalue weighted by Crippen LogP contribution is 2.30. The molecule has 1 fully saturated rings. The molecule has 0 atom stereocenters. The van der Waals surface area contributed by atoms with Crippen molar-refractivity contribution in [2.45, 2.75) is 32.6 Å². The Morgan fingerprint density at radius 2 is 1.74 bits per heavy atom. The van der Waals surface area contributed by atoms with Crippen molar-refractivity contribution in [2.24, 2.45) is 0 Å². The van der Waals surface area contributed by atoms with E-state index in [-0.39, 0.29) is 18.5 Å². The van der Waals surface area contributed by atoms with E-state index in [1.54, 1.807) is 24.5 Å². The van der Waals surface area contributed by atoms with Gasteiger partial charge in [0.1, 0.15) is 5.52 Å². The monoisotopic (exact) mass is 537 g/mol. The Balaban J connectivity index is 1.44. The molecule has 5 rings (SSSR count). The summed E-state index contributed by atoms with van der Waals surface area (Å²) in [7, 11) is 2.04. The van der Waals surface area contributed by atoms with Crippen LogP contribution >= 0.6 is 0 Å². The van der Waals surface area contributed by atoms with Crippen molar-refractivity contribution in [1.82, 2.24) is 29.3 Å². The molecular weight excluding hydrogens is 507 g/mol. The van der Waals surface area contributed by atoms with E-state index in [0.717, 1.165) is 25.2 Å². The largest absolute Gasteiger partial charge is 0.416 e. The summed E-state index contributed by atoms with van der Waals surface area (Å²) in [6, 6.07) is 12.5. The van der Waals surface area contributed by atoms with E-state index >= 15 is 0 Å². The minimum Gasteiger partial charge on any atom is -0.364 e. The van der Waals surface area contributed by atoms with Gasteiger partial charge in [0.25, 0.3) is 5.91 Å². The second-order valence-electron chi connectivity index (χ2n) is 10.0. The Labute approximate surface area is 224 Å². The van der Waals surface area contributed by atoms with Crippen LogP contribution in [0.1, 0.15) is 41.4 Å². The number of nitrogens with zero attached hydrogens (tertiary/aromatic N) is 6. The van der Waals surface area contributed by atoms with Crippen LogP contribution in [0, 0.1) is 0 Å². The fraction of sp³-hybridized carbons (Fsp3) is 0.357. The number of carbonyl (C=O) groups is 1. The van der Waals surface area contributed by atoms with Crippen LogP contribution < -0.4 is 5.32 Å². The first-order valence-corrected chi connectivity index (χ1v) is 12.8. The fourth-order valence-corrected chi connectivity index (χ4v) is 4.54. The summed E-state index contributed by atoms with van der Waals surface area (Å²) in [5.74, 6) is 0.840. The van der Waals surface area contributed by atoms with E-state index in [4.69, 9.17) is 4.98 Å². The van der Waals surface area contributed by atoms with Gasteiger partial charge in [-0.15, -0.1) is 0 Å². The van der Waals surface area contributed by atoms with Crippen molar-refractivity contribution in [3.8, 4) is 11.4 Å². The van der Waals surface area contributed by atoms with Gasteiger partial charge in [-0.1, -0.05) is 24.3 Å². The molecule has 1 N–H and O–H groups in total. The van der Waals surface area contributed by atoms with Crippen LogP contribution in [-0.4, -0.2) is 68.5 Å². The molecule has 0 saturated carbocycles. The second kappa shape index (κ2) is 10.6. The number of piperazine rings is 1. The van der Waals surface area contributed by atoms with E-state index < -0.39 is 11.7 Å². The van der Waals surface area contributed by atoms with Crippen LogP contribution in [0.2, 0.25) is 0 Å². The van der Waals surface area contributed by atoms with Crippen LogP contribution in [0.3, 0.4) is 0 Å². The molecule has 0 aliphatic carbocycles. The minimum absolute atomic E-state index is 0.00709. The van der Waals surface area contributed by atoms with E-state index in [2.05, 4.69) is 20.2 Å². The van der Waals surface area contributed by atoms with Crippen molar-refractivity contribution in [3.05, 3.63) is 71.5 Å². The number of hydrogen-bond acceptors (Lipinski definition) is 6. The van der Waals surface area contributed by atoms with Crippen LogP contribution in [0.4, 0.5) is 19.0 Å². The van der Waals surface area contributed by atoms with Gasteiger partial charge in [0.05, 0.1) is 11.9 Å². The Morgan fingerprint density at radius 1 is 1.03 bits per heavy atom. The zero-order chi connectivity index (χ0) is 27.7. The average Bonchev–Trinajstić information content (AvgIpc) is 3.36. The maximum Gasteiger partial charge on any atom is 0.416 e. The highest BCUT2D eigenvalue weighted by atomic mass is 19.4. The van der Waals surface area contributed by atoms with Crippen LogP contribution in [0.5, 0.6) is 0 Å². The number of benzene rings is 2. The van der Waals surface area contributed by atoms with Gasteiger partial charge in [0.15, 0.2) is 17.3 Å². The number of imidazole rings is 1. The summed E-state index contributed by atoms with van der Waals surface area (Å²) in [5.41, 5.74) is 2.21. The Morgan fingerprint density at radius 3 is 2.41 bits per heavy atom. The van der Waals surface area contributed by atoms with Crippen molar-refractivity contribution in [2.75, 3.05) is 38.5 Å². The van der Waals surface area contributed by atoms with Gasteiger partial charge in [0, 0.05) is 49.9 Å². The van der Waals surface area contributed by atoms with Gasteiger partial charge in [-0.3, -0.25) is 4.79 Å². The molecule has 2 aromatic heterocycles. The number of alkyl halides is 3. The van der Waals surface area contributed by atoms with E-state index in [1.165, 1.54) is 6.07 Å². The molecule has 1 aliphatic rings. The lowest BCUT2D eigenvalue weighted by atomic mass is 10.1. The molecule has 0 spiro atoms. The maximum absolute atomic E-state index is 13.2. The summed E-state index contributed by atoms with van der Waals surface area (Å²) in [6.45, 7) is 7.22. The SMILES string of the molecule is CC(C)n1cnc2c(NCc3cccc(C(F)(F)F)c3)nc(-c3ccc(C(=O)N4CCN(C)CC4)cc3)nc21. The van der Waals surface area contributed by atoms with E-state index in [1.807, 2.05) is 42.5 Å². The zero-order valence-corrected chi connectivity index (χ0v) is 22.0. The Bertz CT molecular complexity index is 1470. The molecule has 3 heterocycles. The Kier molecular flexibility index (Phi) is 7.26. The number of nitrogens with one attached hydrogen (secondary N) is 1. The van der Waals surface area contributed by atoms with E-state index in [9.17, 15) is 18.0 Å². The lowest BCUT2D eigenvalue weighted by Gasteiger charge is -2.32. The summed E-state index contributed by atoms with van der Waals surface area (Å²) in [4.78, 5) is 30.9. The number of anilines is 1. The third-order valence-corrected chi connectivity index (χ3v) is 6.87. The van der Waals surface area contributed by atoms with Crippen molar-refractivity contribution in [1.29, 1.82) is 0 Å². The van der Waals surface area contributed by atoms with Crippen LogP contribution in [-0.2, 0) is 12.7 Å². The summed E-state index contributed by atoms with van der Waals surface area (Å²) in [6.07, 6.45) is -2.74. The van der Waals surface area contributed by atoms with Gasteiger partial charge < -0.3 is 19.7 Å². The molecule has 39 heavy (non-hydrogen) atoms. The normalized spacial score (nSPS) is 14.8. The van der Waals surface area contributed by atoms with Gasteiger partial charge in [-0.05, 0) is 50.7 Å². The number of halogens is 3. The molecule has 0 radical (unpaired) electrons. The molecule has 1 saturated heterocycles. The quantitative estimate of drug-likeness (QED) is 0.369. The molecule has 0 bridgehead atoms. The van der Waals surface area contributed by atoms with Gasteiger partial charge in [-0.2, -0.15) is 13.2 Å². The molecule has 204 valence electrons. The van der Waals surface area contributed by atoms with Crippen molar-refractivity contribution >= 4 is 22.9 Å². The van der Waals surface area contributed by atoms with Crippen LogP contribution in [0.15, 0.2) is 54.9 Å². The predicted octanol–water partition coefficient (Wildman–Crippen LogP) is 5.09. The smallest absolute Gasteiger partial charge is 0.364 e. The summed E-state index contributed by atoms with van der Waals surface area (Å²) >= 11 is 0. The number of amides is 1. The van der Waals surface area contributed by atoms with Gasteiger partial charge >= 0.3 is 6.18 Å². The number of rotatable bonds is 6. The first-order chi connectivity index (χ1) is 18.6. The summed E-state index contributed by atoms with van der Waals surface area (Å²) in [5, 5.41) is 3.16. The third kappa shape index (κ3) is 5.73. The average molecular weight is 538 g/mol. The molecular formula is C28H30F3N7O. The number of likely N-dealkylation sites (N-methyl/N-ethyl adjacent to an activating group) is 1. The van der Waals surface area contributed by atoms with E-state index in [0.29, 0.717) is 52.6 Å². The minimum atomic E-state index is -4.42. The third-order valence-electron chi connectivity index (χ3n) is 6.87.